The van der Waals surface area contributed by atoms with Crippen LogP contribution in [-0.4, -0.2) is 39.5 Å². The predicted molar refractivity (Wildman–Crippen MR) is 53.0 cm³/mol. The summed E-state index contributed by atoms with van der Waals surface area (Å²) >= 11 is 0. The largest absolute Gasteiger partial charge is 0.385 e. The van der Waals surface area contributed by atoms with Crippen molar-refractivity contribution in [3.8, 4) is 0 Å². The van der Waals surface area contributed by atoms with Crippen LogP contribution in [0.5, 0.6) is 0 Å². The Morgan fingerprint density at radius 1 is 1.23 bits per heavy atom. The molecule has 1 N–H and O–H groups in total. The minimum Gasteiger partial charge on any atom is -0.385 e. The van der Waals surface area contributed by atoms with E-state index in [2.05, 4.69) is 5.32 Å². The molecule has 0 unspecified atom stereocenters. The second-order valence-corrected chi connectivity index (χ2v) is 3.73. The Morgan fingerprint density at radius 3 is 2.46 bits per heavy atom. The van der Waals surface area contributed by atoms with Crippen molar-refractivity contribution < 1.29 is 9.47 Å². The van der Waals surface area contributed by atoms with Crippen molar-refractivity contribution in [2.24, 2.45) is 0 Å². The lowest BCUT2D eigenvalue weighted by Gasteiger charge is -2.36. The van der Waals surface area contributed by atoms with Crippen LogP contribution in [0.3, 0.4) is 0 Å². The lowest BCUT2D eigenvalue weighted by molar-refractivity contribution is -0.0448. The maximum atomic E-state index is 5.63. The van der Waals surface area contributed by atoms with Crippen molar-refractivity contribution in [2.75, 3.05) is 33.9 Å². The first-order valence-electron chi connectivity index (χ1n) is 5.08. The number of hydrogen-bond donors (Lipinski definition) is 1. The maximum Gasteiger partial charge on any atom is 0.0703 e. The lowest BCUT2D eigenvalue weighted by atomic mass is 9.87. The van der Waals surface area contributed by atoms with Gasteiger partial charge in [0.05, 0.1) is 5.60 Å². The molecule has 0 aromatic carbocycles. The predicted octanol–water partition coefficient (Wildman–Crippen LogP) is 1.18. The van der Waals surface area contributed by atoms with Crippen LogP contribution in [0.4, 0.5) is 0 Å². The summed E-state index contributed by atoms with van der Waals surface area (Å²) in [6, 6.07) is 0. The molecule has 1 aliphatic rings. The molecule has 1 heterocycles. The van der Waals surface area contributed by atoms with E-state index in [1.54, 1.807) is 7.11 Å². The van der Waals surface area contributed by atoms with Crippen LogP contribution in [0.2, 0.25) is 0 Å². The molecule has 0 amide bonds. The van der Waals surface area contributed by atoms with E-state index in [4.69, 9.17) is 9.47 Å². The fourth-order valence-electron chi connectivity index (χ4n) is 1.98. The zero-order chi connectivity index (χ0) is 9.57. The van der Waals surface area contributed by atoms with Gasteiger partial charge in [0.25, 0.3) is 0 Å². The molecule has 0 aromatic rings. The standard InChI is InChI=1S/C10H21NO2/c1-12-9-3-4-10(13-2)5-7-11-8-6-10/h11H,3-9H2,1-2H3. The molecule has 1 aliphatic heterocycles. The molecule has 0 radical (unpaired) electrons. The summed E-state index contributed by atoms with van der Waals surface area (Å²) in [5.41, 5.74) is 0.129. The Hall–Kier alpha value is -0.120. The molecule has 0 aliphatic carbocycles. The summed E-state index contributed by atoms with van der Waals surface area (Å²) in [6.45, 7) is 3.01. The van der Waals surface area contributed by atoms with Gasteiger partial charge in [0.2, 0.25) is 0 Å². The van der Waals surface area contributed by atoms with E-state index < -0.39 is 0 Å². The second kappa shape index (κ2) is 5.58. The molecule has 0 bridgehead atoms. The molecule has 3 nitrogen and oxygen atoms in total. The summed E-state index contributed by atoms with van der Waals surface area (Å²) in [6.07, 6.45) is 4.49. The molecule has 78 valence electrons. The average molecular weight is 187 g/mol. The highest BCUT2D eigenvalue weighted by Gasteiger charge is 2.30. The molecule has 13 heavy (non-hydrogen) atoms. The van der Waals surface area contributed by atoms with Gasteiger partial charge in [-0.2, -0.15) is 0 Å². The summed E-state index contributed by atoms with van der Waals surface area (Å²) in [7, 11) is 3.58. The number of nitrogens with one attached hydrogen (secondary N) is 1. The topological polar surface area (TPSA) is 30.5 Å². The molecular weight excluding hydrogens is 166 g/mol. The average Bonchev–Trinajstić information content (AvgIpc) is 2.20. The Morgan fingerprint density at radius 2 is 1.92 bits per heavy atom. The van der Waals surface area contributed by atoms with E-state index in [0.717, 1.165) is 45.4 Å². The summed E-state index contributed by atoms with van der Waals surface area (Å²) in [4.78, 5) is 0. The first-order valence-corrected chi connectivity index (χ1v) is 5.08. The van der Waals surface area contributed by atoms with Gasteiger partial charge in [-0.3, -0.25) is 0 Å². The van der Waals surface area contributed by atoms with Crippen LogP contribution in [0.1, 0.15) is 25.7 Å². The van der Waals surface area contributed by atoms with Gasteiger partial charge < -0.3 is 14.8 Å². The molecule has 3 heteroatoms. The second-order valence-electron chi connectivity index (χ2n) is 3.73. The third-order valence-electron chi connectivity index (χ3n) is 2.93. The van der Waals surface area contributed by atoms with Gasteiger partial charge in [0.1, 0.15) is 0 Å². The van der Waals surface area contributed by atoms with Crippen molar-refractivity contribution in [3.63, 3.8) is 0 Å². The van der Waals surface area contributed by atoms with Gasteiger partial charge in [-0.05, 0) is 38.8 Å². The van der Waals surface area contributed by atoms with Crippen LogP contribution in [-0.2, 0) is 9.47 Å². The van der Waals surface area contributed by atoms with Crippen molar-refractivity contribution >= 4 is 0 Å². The van der Waals surface area contributed by atoms with Gasteiger partial charge in [0, 0.05) is 20.8 Å². The van der Waals surface area contributed by atoms with Gasteiger partial charge in [-0.1, -0.05) is 0 Å². The van der Waals surface area contributed by atoms with Crippen LogP contribution in [0.25, 0.3) is 0 Å². The fraction of sp³-hybridized carbons (Fsp3) is 1.00. The summed E-state index contributed by atoms with van der Waals surface area (Å²) < 4.78 is 10.7. The highest BCUT2D eigenvalue weighted by Crippen LogP contribution is 2.27. The quantitative estimate of drug-likeness (QED) is 0.656. The normalized spacial score (nSPS) is 21.7. The molecule has 1 saturated heterocycles. The Bertz CT molecular complexity index is 133. The first kappa shape index (κ1) is 11.0. The van der Waals surface area contributed by atoms with Crippen LogP contribution in [0.15, 0.2) is 0 Å². The van der Waals surface area contributed by atoms with E-state index in [1.807, 2.05) is 7.11 Å². The van der Waals surface area contributed by atoms with E-state index in [0.29, 0.717) is 0 Å². The highest BCUT2D eigenvalue weighted by atomic mass is 16.5. The molecule has 1 fully saturated rings. The number of piperidine rings is 1. The summed E-state index contributed by atoms with van der Waals surface area (Å²) in [5.74, 6) is 0. The van der Waals surface area contributed by atoms with Crippen LogP contribution < -0.4 is 5.32 Å². The van der Waals surface area contributed by atoms with Crippen molar-refractivity contribution in [1.29, 1.82) is 0 Å². The third kappa shape index (κ3) is 3.25. The van der Waals surface area contributed by atoms with Crippen molar-refractivity contribution in [2.45, 2.75) is 31.3 Å². The Balaban J connectivity index is 2.29. The van der Waals surface area contributed by atoms with Gasteiger partial charge in [-0.15, -0.1) is 0 Å². The molecule has 1 rings (SSSR count). The molecule has 0 aromatic heterocycles. The Kier molecular flexibility index (Phi) is 4.70. The molecule has 0 saturated carbocycles. The minimum atomic E-state index is 0.129. The summed E-state index contributed by atoms with van der Waals surface area (Å²) in [5, 5.41) is 3.35. The highest BCUT2D eigenvalue weighted by molar-refractivity contribution is 4.85. The van der Waals surface area contributed by atoms with Gasteiger partial charge in [-0.25, -0.2) is 0 Å². The smallest absolute Gasteiger partial charge is 0.0703 e. The van der Waals surface area contributed by atoms with Crippen molar-refractivity contribution in [1.82, 2.24) is 5.32 Å². The van der Waals surface area contributed by atoms with Crippen molar-refractivity contribution in [3.05, 3.63) is 0 Å². The van der Waals surface area contributed by atoms with E-state index in [9.17, 15) is 0 Å². The maximum absolute atomic E-state index is 5.63. The minimum absolute atomic E-state index is 0.129. The molecular formula is C10H21NO2. The zero-order valence-electron chi connectivity index (χ0n) is 8.77. The molecule has 0 atom stereocenters. The molecule has 0 spiro atoms. The van der Waals surface area contributed by atoms with E-state index in [-0.39, 0.29) is 5.60 Å². The van der Waals surface area contributed by atoms with Crippen LogP contribution >= 0.6 is 0 Å². The number of methoxy groups -OCH3 is 2. The Labute approximate surface area is 80.8 Å². The zero-order valence-corrected chi connectivity index (χ0v) is 8.77. The van der Waals surface area contributed by atoms with E-state index in [1.165, 1.54) is 0 Å². The lowest BCUT2D eigenvalue weighted by Crippen LogP contribution is -2.43. The number of rotatable bonds is 5. The number of hydrogen-bond acceptors (Lipinski definition) is 3. The monoisotopic (exact) mass is 187 g/mol. The first-order chi connectivity index (χ1) is 6.33. The van der Waals surface area contributed by atoms with Gasteiger partial charge >= 0.3 is 0 Å². The van der Waals surface area contributed by atoms with Gasteiger partial charge in [0.15, 0.2) is 0 Å². The third-order valence-corrected chi connectivity index (χ3v) is 2.93. The van der Waals surface area contributed by atoms with E-state index >= 15 is 0 Å². The fourth-order valence-corrected chi connectivity index (χ4v) is 1.98. The number of ether oxygens (including phenoxy) is 2. The SMILES string of the molecule is COCCCC1(OC)CCNCC1. The van der Waals surface area contributed by atoms with Crippen LogP contribution in [0, 0.1) is 0 Å².